The summed E-state index contributed by atoms with van der Waals surface area (Å²) in [6.45, 7) is -0.0480. The average molecular weight is 340 g/mol. The number of aliphatic hydroxyl groups excluding tert-OH is 2. The van der Waals surface area contributed by atoms with Gasteiger partial charge in [-0.2, -0.15) is 0 Å². The maximum absolute atomic E-state index is 12.4. The quantitative estimate of drug-likeness (QED) is 0.552. The summed E-state index contributed by atoms with van der Waals surface area (Å²) in [5, 5.41) is 28.0. The van der Waals surface area contributed by atoms with Gasteiger partial charge in [0.1, 0.15) is 0 Å². The van der Waals surface area contributed by atoms with Crippen LogP contribution in [-0.4, -0.2) is 52.2 Å². The summed E-state index contributed by atoms with van der Waals surface area (Å²) < 4.78 is 3.76. The number of hydrogen-bond acceptors (Lipinski definition) is 6. The van der Waals surface area contributed by atoms with Crippen LogP contribution >= 0.6 is 0 Å². The first-order valence-corrected chi connectivity index (χ1v) is 7.41. The molecule has 2 aromatic rings. The summed E-state index contributed by atoms with van der Waals surface area (Å²) >= 11 is 0. The molecule has 0 saturated carbocycles. The molecule has 2 aromatic heterocycles. The molecule has 0 radical (unpaired) electrons. The first kappa shape index (κ1) is 17.9. The third-order valence-electron chi connectivity index (χ3n) is 3.84. The maximum atomic E-state index is 12.4. The standard InChI is InChI=1S/C14H20N4O6/c1-16-7-15-12-11(16)13(23)18(14(24)17(12)2)4-3-8(19)5-9(20)6-10(21)22/h7-9,19-20H,3-6H2,1-2H3,(H,21,22)/t8-,9-/m1/s1. The number of nitrogens with zero attached hydrogens (tertiary/aromatic N) is 4. The van der Waals surface area contributed by atoms with Crippen molar-refractivity contribution >= 4 is 17.1 Å². The largest absolute Gasteiger partial charge is 0.481 e. The Labute approximate surface area is 136 Å². The minimum atomic E-state index is -1.18. The molecule has 2 rings (SSSR count). The van der Waals surface area contributed by atoms with Gasteiger partial charge in [0.25, 0.3) is 5.56 Å². The molecule has 0 spiro atoms. The van der Waals surface area contributed by atoms with Crippen LogP contribution in [0.3, 0.4) is 0 Å². The molecule has 0 amide bonds. The van der Waals surface area contributed by atoms with Crippen molar-refractivity contribution in [2.45, 2.75) is 38.0 Å². The van der Waals surface area contributed by atoms with Crippen molar-refractivity contribution in [1.29, 1.82) is 0 Å². The highest BCUT2D eigenvalue weighted by Gasteiger charge is 2.18. The number of aromatic nitrogens is 4. The number of carboxylic acids is 1. The van der Waals surface area contributed by atoms with E-state index in [1.165, 1.54) is 22.5 Å². The fraction of sp³-hybridized carbons (Fsp3) is 0.571. The minimum absolute atomic E-state index is 0.0369. The minimum Gasteiger partial charge on any atom is -0.481 e. The molecule has 0 fully saturated rings. The van der Waals surface area contributed by atoms with Crippen molar-refractivity contribution in [3.8, 4) is 0 Å². The lowest BCUT2D eigenvalue weighted by Crippen LogP contribution is -2.40. The number of aliphatic hydroxyl groups is 2. The zero-order valence-corrected chi connectivity index (χ0v) is 13.4. The molecule has 0 aliphatic heterocycles. The summed E-state index contributed by atoms with van der Waals surface area (Å²) in [4.78, 5) is 39.2. The van der Waals surface area contributed by atoms with Gasteiger partial charge in [0.05, 0.1) is 25.0 Å². The van der Waals surface area contributed by atoms with Gasteiger partial charge in [-0.15, -0.1) is 0 Å². The number of fused-ring (bicyclic) bond motifs is 1. The van der Waals surface area contributed by atoms with Gasteiger partial charge in [0.15, 0.2) is 11.2 Å². The highest BCUT2D eigenvalue weighted by atomic mass is 16.4. The highest BCUT2D eigenvalue weighted by Crippen LogP contribution is 2.08. The van der Waals surface area contributed by atoms with Crippen molar-refractivity contribution in [3.05, 3.63) is 27.2 Å². The van der Waals surface area contributed by atoms with Gasteiger partial charge in [0.2, 0.25) is 0 Å². The zero-order chi connectivity index (χ0) is 18.0. The Balaban J connectivity index is 2.19. The molecule has 0 bridgehead atoms. The molecule has 3 N–H and O–H groups in total. The number of carbonyl (C=O) groups is 1. The molecule has 0 aliphatic carbocycles. The number of imidazole rings is 1. The van der Waals surface area contributed by atoms with Gasteiger partial charge < -0.3 is 19.9 Å². The lowest BCUT2D eigenvalue weighted by Gasteiger charge is -2.15. The molecule has 2 atom stereocenters. The monoisotopic (exact) mass is 340 g/mol. The smallest absolute Gasteiger partial charge is 0.332 e. The van der Waals surface area contributed by atoms with Crippen molar-refractivity contribution < 1.29 is 20.1 Å². The van der Waals surface area contributed by atoms with Crippen molar-refractivity contribution in [3.63, 3.8) is 0 Å². The number of aryl methyl sites for hydroxylation is 2. The third-order valence-corrected chi connectivity index (χ3v) is 3.84. The van der Waals surface area contributed by atoms with Crippen LogP contribution in [0.1, 0.15) is 19.3 Å². The van der Waals surface area contributed by atoms with Gasteiger partial charge in [-0.3, -0.25) is 18.7 Å². The van der Waals surface area contributed by atoms with Crippen molar-refractivity contribution in [2.24, 2.45) is 14.1 Å². The Hall–Kier alpha value is -2.46. The second-order valence-electron chi connectivity index (χ2n) is 5.76. The van der Waals surface area contributed by atoms with E-state index < -0.39 is 35.8 Å². The Morgan fingerprint density at radius 1 is 1.25 bits per heavy atom. The molecule has 0 unspecified atom stereocenters. The Kier molecular flexibility index (Phi) is 5.20. The Morgan fingerprint density at radius 2 is 1.92 bits per heavy atom. The van der Waals surface area contributed by atoms with Crippen molar-refractivity contribution in [2.75, 3.05) is 0 Å². The molecule has 2 heterocycles. The Morgan fingerprint density at radius 3 is 2.54 bits per heavy atom. The van der Waals surface area contributed by atoms with E-state index in [0.29, 0.717) is 0 Å². The number of rotatable bonds is 7. The molecule has 10 nitrogen and oxygen atoms in total. The normalized spacial score (nSPS) is 14.0. The molecular formula is C14H20N4O6. The van der Waals surface area contributed by atoms with Gasteiger partial charge in [0, 0.05) is 20.6 Å². The topological polar surface area (TPSA) is 140 Å². The van der Waals surface area contributed by atoms with Crippen LogP contribution in [0.15, 0.2) is 15.9 Å². The molecule has 10 heteroatoms. The summed E-state index contributed by atoms with van der Waals surface area (Å²) in [5.41, 5.74) is -0.505. The number of aliphatic carboxylic acids is 1. The van der Waals surface area contributed by atoms with Gasteiger partial charge in [-0.1, -0.05) is 0 Å². The van der Waals surface area contributed by atoms with E-state index in [9.17, 15) is 24.6 Å². The van der Waals surface area contributed by atoms with E-state index in [0.717, 1.165) is 4.57 Å². The summed E-state index contributed by atoms with van der Waals surface area (Å²) in [6.07, 6.45) is -1.35. The molecular weight excluding hydrogens is 320 g/mol. The van der Waals surface area contributed by atoms with Crippen LogP contribution in [0.25, 0.3) is 11.2 Å². The predicted molar refractivity (Wildman–Crippen MR) is 83.7 cm³/mol. The van der Waals surface area contributed by atoms with Gasteiger partial charge in [-0.25, -0.2) is 9.78 Å². The number of carboxylic acid groups (broad SMARTS) is 1. The molecule has 132 valence electrons. The summed E-state index contributed by atoms with van der Waals surface area (Å²) in [5.74, 6) is -1.17. The highest BCUT2D eigenvalue weighted by molar-refractivity contribution is 5.69. The summed E-state index contributed by atoms with van der Waals surface area (Å²) in [6, 6.07) is 0. The molecule has 0 aromatic carbocycles. The zero-order valence-electron chi connectivity index (χ0n) is 13.4. The van der Waals surface area contributed by atoms with Crippen LogP contribution in [0.4, 0.5) is 0 Å². The SMILES string of the molecule is Cn1cnc2c1c(=O)n(CC[C@@H](O)C[C@@H](O)CC(=O)O)c(=O)n2C. The van der Waals surface area contributed by atoms with E-state index in [-0.39, 0.29) is 30.6 Å². The van der Waals surface area contributed by atoms with E-state index in [1.54, 1.807) is 7.05 Å². The fourth-order valence-corrected chi connectivity index (χ4v) is 2.59. The molecule has 0 aliphatic rings. The van der Waals surface area contributed by atoms with E-state index in [4.69, 9.17) is 5.11 Å². The number of hydrogen-bond donors (Lipinski definition) is 3. The van der Waals surface area contributed by atoms with Gasteiger partial charge in [-0.05, 0) is 12.8 Å². The Bertz CT molecular complexity index is 864. The summed E-state index contributed by atoms with van der Waals surface area (Å²) in [7, 11) is 3.14. The van der Waals surface area contributed by atoms with Crippen LogP contribution in [-0.2, 0) is 25.4 Å². The van der Waals surface area contributed by atoms with Crippen molar-refractivity contribution in [1.82, 2.24) is 18.7 Å². The van der Waals surface area contributed by atoms with Crippen LogP contribution in [0, 0.1) is 0 Å². The second kappa shape index (κ2) is 6.97. The predicted octanol–water partition coefficient (Wildman–Crippen LogP) is -1.59. The fourth-order valence-electron chi connectivity index (χ4n) is 2.59. The van der Waals surface area contributed by atoms with Crippen LogP contribution in [0.2, 0.25) is 0 Å². The lowest BCUT2D eigenvalue weighted by atomic mass is 10.1. The lowest BCUT2D eigenvalue weighted by molar-refractivity contribution is -0.139. The van der Waals surface area contributed by atoms with Crippen LogP contribution in [0.5, 0.6) is 0 Å². The maximum Gasteiger partial charge on any atom is 0.332 e. The second-order valence-corrected chi connectivity index (χ2v) is 5.76. The third kappa shape index (κ3) is 3.54. The van der Waals surface area contributed by atoms with E-state index in [1.807, 2.05) is 0 Å². The van der Waals surface area contributed by atoms with E-state index >= 15 is 0 Å². The average Bonchev–Trinajstić information content (AvgIpc) is 2.86. The molecule has 0 saturated heterocycles. The van der Waals surface area contributed by atoms with E-state index in [2.05, 4.69) is 4.98 Å². The van der Waals surface area contributed by atoms with Crippen LogP contribution < -0.4 is 11.2 Å². The first-order valence-electron chi connectivity index (χ1n) is 7.41. The molecule has 24 heavy (non-hydrogen) atoms. The first-order chi connectivity index (χ1) is 11.2. The van der Waals surface area contributed by atoms with Gasteiger partial charge >= 0.3 is 11.7 Å².